The van der Waals surface area contributed by atoms with Crippen molar-refractivity contribution in [3.05, 3.63) is 29.8 Å². The zero-order valence-corrected chi connectivity index (χ0v) is 17.3. The molecule has 27 heavy (non-hydrogen) atoms. The molecule has 2 aromatic rings. The van der Waals surface area contributed by atoms with Crippen LogP contribution in [0.25, 0.3) is 11.4 Å². The van der Waals surface area contributed by atoms with E-state index in [0.717, 1.165) is 49.3 Å². The molecule has 8 nitrogen and oxygen atoms in total. The van der Waals surface area contributed by atoms with Crippen LogP contribution in [0.5, 0.6) is 0 Å². The lowest BCUT2D eigenvalue weighted by atomic mass is 10.0. The molecule has 0 spiro atoms. The van der Waals surface area contributed by atoms with Crippen molar-refractivity contribution in [1.29, 1.82) is 0 Å². The van der Waals surface area contributed by atoms with Crippen molar-refractivity contribution in [2.75, 3.05) is 20.6 Å². The van der Waals surface area contributed by atoms with Crippen LogP contribution in [0.4, 0.5) is 0 Å². The van der Waals surface area contributed by atoms with Gasteiger partial charge in [-0.3, -0.25) is 4.68 Å². The highest BCUT2D eigenvalue weighted by Gasteiger charge is 2.35. The van der Waals surface area contributed by atoms with Crippen molar-refractivity contribution in [3.63, 3.8) is 0 Å². The highest BCUT2D eigenvalue weighted by Crippen LogP contribution is 2.34. The van der Waals surface area contributed by atoms with E-state index in [2.05, 4.69) is 22.0 Å². The van der Waals surface area contributed by atoms with Gasteiger partial charge in [-0.15, -0.1) is 0 Å². The second-order valence-corrected chi connectivity index (χ2v) is 9.17. The highest BCUT2D eigenvalue weighted by atomic mass is 32.2. The zero-order chi connectivity index (χ0) is 19.6. The maximum absolute atomic E-state index is 12.8. The van der Waals surface area contributed by atoms with Crippen LogP contribution in [0.1, 0.15) is 50.2 Å². The maximum Gasteiger partial charge on any atom is 0.282 e. The first-order chi connectivity index (χ1) is 12.8. The fourth-order valence-corrected chi connectivity index (χ4v) is 4.83. The van der Waals surface area contributed by atoms with Crippen molar-refractivity contribution >= 4 is 10.2 Å². The number of hydrogen-bond donors (Lipinski definition) is 0. The summed E-state index contributed by atoms with van der Waals surface area (Å²) in [5, 5.41) is 4.37. The van der Waals surface area contributed by atoms with E-state index < -0.39 is 10.2 Å². The summed E-state index contributed by atoms with van der Waals surface area (Å²) >= 11 is 0. The molecule has 1 aliphatic heterocycles. The van der Waals surface area contributed by atoms with E-state index >= 15 is 0 Å². The molecule has 1 saturated heterocycles. The first kappa shape index (κ1) is 19.9. The summed E-state index contributed by atoms with van der Waals surface area (Å²) < 4.78 is 30.4. The largest absolute Gasteiger partial charge is 0.282 e. The Balaban J connectivity index is 2.03. The molecular weight excluding hydrogens is 364 g/mol. The van der Waals surface area contributed by atoms with Crippen molar-refractivity contribution in [3.8, 4) is 11.4 Å². The van der Waals surface area contributed by atoms with E-state index in [1.165, 1.54) is 4.31 Å². The zero-order valence-electron chi connectivity index (χ0n) is 16.5. The summed E-state index contributed by atoms with van der Waals surface area (Å²) in [5.74, 6) is 0.638. The highest BCUT2D eigenvalue weighted by molar-refractivity contribution is 7.86. The molecule has 0 bridgehead atoms. The summed E-state index contributed by atoms with van der Waals surface area (Å²) in [7, 11) is -0.364. The van der Waals surface area contributed by atoms with E-state index in [9.17, 15) is 8.42 Å². The lowest BCUT2D eigenvalue weighted by molar-refractivity contribution is 0.238. The SMILES string of the molecule is CCCn1nccc1-c1cc(C2CCCCN2S(=O)(=O)N(C)C)nc(C)n1. The number of rotatable bonds is 6. The van der Waals surface area contributed by atoms with Crippen LogP contribution >= 0.6 is 0 Å². The van der Waals surface area contributed by atoms with E-state index in [1.807, 2.05) is 23.7 Å². The van der Waals surface area contributed by atoms with Gasteiger partial charge < -0.3 is 0 Å². The van der Waals surface area contributed by atoms with Crippen LogP contribution in [0.15, 0.2) is 18.3 Å². The van der Waals surface area contributed by atoms with E-state index in [1.54, 1.807) is 24.6 Å². The summed E-state index contributed by atoms with van der Waals surface area (Å²) in [5.41, 5.74) is 2.48. The average Bonchev–Trinajstić information content (AvgIpc) is 3.10. The van der Waals surface area contributed by atoms with Gasteiger partial charge in [0, 0.05) is 33.4 Å². The first-order valence-corrected chi connectivity index (χ1v) is 10.8. The number of aromatic nitrogens is 4. The topological polar surface area (TPSA) is 84.2 Å². The normalized spacial score (nSPS) is 18.9. The molecule has 1 unspecified atom stereocenters. The molecule has 0 radical (unpaired) electrons. The standard InChI is InChI=1S/C18H28N6O2S/c1-5-11-23-17(9-10-19-23)15-13-16(21-14(2)20-15)18-8-6-7-12-24(18)27(25,26)22(3)4/h9-10,13,18H,5-8,11-12H2,1-4H3. The van der Waals surface area contributed by atoms with Gasteiger partial charge in [-0.25, -0.2) is 9.97 Å². The predicted octanol–water partition coefficient (Wildman–Crippen LogP) is 2.39. The predicted molar refractivity (Wildman–Crippen MR) is 104 cm³/mol. The first-order valence-electron chi connectivity index (χ1n) is 9.41. The minimum absolute atomic E-state index is 0.269. The molecule has 0 amide bonds. The van der Waals surface area contributed by atoms with Gasteiger partial charge in [-0.05, 0) is 38.3 Å². The molecule has 0 aliphatic carbocycles. The van der Waals surface area contributed by atoms with Crippen LogP contribution in [0.2, 0.25) is 0 Å². The second-order valence-electron chi connectivity index (χ2n) is 7.08. The molecule has 2 aromatic heterocycles. The number of hydrogen-bond acceptors (Lipinski definition) is 5. The number of nitrogens with zero attached hydrogens (tertiary/aromatic N) is 6. The average molecular weight is 393 g/mol. The summed E-state index contributed by atoms with van der Waals surface area (Å²) in [6.07, 6.45) is 5.35. The van der Waals surface area contributed by atoms with Crippen LogP contribution in [-0.4, -0.2) is 57.4 Å². The van der Waals surface area contributed by atoms with Gasteiger partial charge in [0.05, 0.1) is 23.1 Å². The van der Waals surface area contributed by atoms with Gasteiger partial charge in [0.1, 0.15) is 5.82 Å². The van der Waals surface area contributed by atoms with Gasteiger partial charge in [0.2, 0.25) is 0 Å². The van der Waals surface area contributed by atoms with Crippen LogP contribution in [0.3, 0.4) is 0 Å². The smallest absolute Gasteiger partial charge is 0.263 e. The Morgan fingerprint density at radius 2 is 2.04 bits per heavy atom. The minimum Gasteiger partial charge on any atom is -0.263 e. The van der Waals surface area contributed by atoms with Crippen molar-refractivity contribution < 1.29 is 8.42 Å². The monoisotopic (exact) mass is 392 g/mol. The molecule has 0 aromatic carbocycles. The Bertz CT molecular complexity index is 893. The van der Waals surface area contributed by atoms with Crippen molar-refractivity contribution in [1.82, 2.24) is 28.4 Å². The Hall–Kier alpha value is -1.84. The van der Waals surface area contributed by atoms with Crippen molar-refractivity contribution in [2.24, 2.45) is 0 Å². The Kier molecular flexibility index (Phi) is 5.92. The molecule has 0 N–H and O–H groups in total. The lowest BCUT2D eigenvalue weighted by Gasteiger charge is -2.36. The third-order valence-electron chi connectivity index (χ3n) is 4.83. The Morgan fingerprint density at radius 3 is 2.74 bits per heavy atom. The van der Waals surface area contributed by atoms with Crippen LogP contribution < -0.4 is 0 Å². The van der Waals surface area contributed by atoms with Gasteiger partial charge in [-0.1, -0.05) is 13.3 Å². The Morgan fingerprint density at radius 1 is 1.26 bits per heavy atom. The van der Waals surface area contributed by atoms with Gasteiger partial charge in [0.15, 0.2) is 0 Å². The molecule has 3 heterocycles. The van der Waals surface area contributed by atoms with E-state index in [-0.39, 0.29) is 6.04 Å². The van der Waals surface area contributed by atoms with Gasteiger partial charge >= 0.3 is 0 Å². The lowest BCUT2D eigenvalue weighted by Crippen LogP contribution is -2.44. The second kappa shape index (κ2) is 8.04. The summed E-state index contributed by atoms with van der Waals surface area (Å²) in [6.45, 7) is 5.28. The van der Waals surface area contributed by atoms with Gasteiger partial charge in [0.25, 0.3) is 10.2 Å². The third-order valence-corrected chi connectivity index (χ3v) is 6.78. The van der Waals surface area contributed by atoms with Gasteiger partial charge in [-0.2, -0.15) is 22.1 Å². The Labute approximate surface area is 161 Å². The van der Waals surface area contributed by atoms with Crippen LogP contribution in [0, 0.1) is 6.92 Å². The fraction of sp³-hybridized carbons (Fsp3) is 0.611. The summed E-state index contributed by atoms with van der Waals surface area (Å²) in [6, 6.07) is 3.59. The molecule has 148 valence electrons. The number of aryl methyl sites for hydroxylation is 2. The third kappa shape index (κ3) is 4.04. The summed E-state index contributed by atoms with van der Waals surface area (Å²) in [4.78, 5) is 9.19. The van der Waals surface area contributed by atoms with E-state index in [0.29, 0.717) is 12.4 Å². The van der Waals surface area contributed by atoms with Crippen LogP contribution in [-0.2, 0) is 16.8 Å². The molecule has 1 fully saturated rings. The molecule has 1 atom stereocenters. The fourth-order valence-electron chi connectivity index (χ4n) is 3.52. The van der Waals surface area contributed by atoms with E-state index in [4.69, 9.17) is 0 Å². The quantitative estimate of drug-likeness (QED) is 0.754. The molecular formula is C18H28N6O2S. The molecule has 0 saturated carbocycles. The molecule has 9 heteroatoms. The molecule has 3 rings (SSSR count). The number of piperidine rings is 1. The minimum atomic E-state index is -3.50. The van der Waals surface area contributed by atoms with Crippen molar-refractivity contribution in [2.45, 2.75) is 52.1 Å². The molecule has 1 aliphatic rings. The maximum atomic E-state index is 12.8.